The Bertz CT molecular complexity index is 1750. The van der Waals surface area contributed by atoms with E-state index in [1.54, 1.807) is 42.7 Å². The molecule has 10 heteroatoms. The zero-order valence-electron chi connectivity index (χ0n) is 23.2. The van der Waals surface area contributed by atoms with Gasteiger partial charge in [-0.3, -0.25) is 14.3 Å². The van der Waals surface area contributed by atoms with Gasteiger partial charge in [0.15, 0.2) is 14.7 Å². The summed E-state index contributed by atoms with van der Waals surface area (Å²) in [6, 6.07) is 10.4. The molecule has 41 heavy (non-hydrogen) atoms. The van der Waals surface area contributed by atoms with Crippen molar-refractivity contribution in [2.45, 2.75) is 68.9 Å². The van der Waals surface area contributed by atoms with Crippen LogP contribution in [-0.2, 0) is 21.2 Å². The van der Waals surface area contributed by atoms with Crippen LogP contribution in [0.15, 0.2) is 70.6 Å². The Labute approximate surface area is 239 Å². The fourth-order valence-corrected chi connectivity index (χ4v) is 6.82. The minimum absolute atomic E-state index is 0.0463. The number of pyridine rings is 1. The maximum absolute atomic E-state index is 14.2. The Morgan fingerprint density at radius 2 is 2.02 bits per heavy atom. The van der Waals surface area contributed by atoms with Crippen molar-refractivity contribution in [3.8, 4) is 11.9 Å². The lowest BCUT2D eigenvalue weighted by molar-refractivity contribution is 0.0571. The van der Waals surface area contributed by atoms with Crippen LogP contribution in [0.4, 0.5) is 0 Å². The molecule has 0 bridgehead atoms. The lowest BCUT2D eigenvalue weighted by Gasteiger charge is -2.25. The van der Waals surface area contributed by atoms with Crippen LogP contribution in [0.2, 0.25) is 0 Å². The van der Waals surface area contributed by atoms with Crippen LogP contribution in [0.3, 0.4) is 0 Å². The number of benzene rings is 1. The van der Waals surface area contributed by atoms with Gasteiger partial charge in [-0.1, -0.05) is 30.4 Å². The highest BCUT2D eigenvalue weighted by Crippen LogP contribution is 2.44. The van der Waals surface area contributed by atoms with Gasteiger partial charge in [0.1, 0.15) is 12.4 Å². The van der Waals surface area contributed by atoms with Crippen molar-refractivity contribution in [1.29, 1.82) is 5.26 Å². The van der Waals surface area contributed by atoms with E-state index in [1.165, 1.54) is 4.57 Å². The van der Waals surface area contributed by atoms with Crippen LogP contribution < -0.4 is 5.56 Å². The van der Waals surface area contributed by atoms with Gasteiger partial charge in [-0.25, -0.2) is 8.42 Å². The Balaban J connectivity index is 1.60. The van der Waals surface area contributed by atoms with Crippen molar-refractivity contribution in [2.75, 3.05) is 0 Å². The molecule has 2 aromatic heterocycles. The van der Waals surface area contributed by atoms with E-state index in [0.29, 0.717) is 11.1 Å². The molecule has 0 saturated heterocycles. The molecule has 3 aromatic rings. The first kappa shape index (κ1) is 28.5. The molecule has 0 amide bonds. The molecule has 2 aliphatic carbocycles. The van der Waals surface area contributed by atoms with Crippen molar-refractivity contribution >= 4 is 15.4 Å². The highest BCUT2D eigenvalue weighted by molar-refractivity contribution is 7.92. The van der Waals surface area contributed by atoms with E-state index in [1.807, 2.05) is 39.0 Å². The highest BCUT2D eigenvalue weighted by Gasteiger charge is 2.40. The number of aryl methyl sites for hydroxylation is 1. The number of allylic oxidation sites excluding steroid dienone is 3. The van der Waals surface area contributed by atoms with Gasteiger partial charge in [0.05, 0.1) is 29.0 Å². The lowest BCUT2D eigenvalue weighted by atomic mass is 9.97. The van der Waals surface area contributed by atoms with E-state index in [2.05, 4.69) is 16.0 Å². The quantitative estimate of drug-likeness (QED) is 0.392. The van der Waals surface area contributed by atoms with Crippen molar-refractivity contribution in [3.63, 3.8) is 0 Å². The van der Waals surface area contributed by atoms with Crippen molar-refractivity contribution in [2.24, 2.45) is 5.92 Å². The Hall–Kier alpha value is -4.07. The molecular weight excluding hydrogens is 540 g/mol. The third-order valence-electron chi connectivity index (χ3n) is 7.45. The summed E-state index contributed by atoms with van der Waals surface area (Å²) in [6.07, 6.45) is 10.1. The molecule has 2 heterocycles. The first-order chi connectivity index (χ1) is 19.6. The van der Waals surface area contributed by atoms with Gasteiger partial charge in [0.2, 0.25) is 5.88 Å². The summed E-state index contributed by atoms with van der Waals surface area (Å²) < 4.78 is 35.0. The summed E-state index contributed by atoms with van der Waals surface area (Å²) in [4.78, 5) is 21.8. The molecule has 2 aliphatic rings. The third kappa shape index (κ3) is 5.73. The summed E-state index contributed by atoms with van der Waals surface area (Å²) in [6.45, 7) is 5.50. The smallest absolute Gasteiger partial charge is 0.277 e. The van der Waals surface area contributed by atoms with E-state index >= 15 is 0 Å². The second kappa shape index (κ2) is 11.4. The molecule has 1 fully saturated rings. The van der Waals surface area contributed by atoms with Crippen molar-refractivity contribution in [3.05, 3.63) is 99.4 Å². The minimum atomic E-state index is -4.33. The normalized spacial score (nSPS) is 17.7. The average molecular weight is 573 g/mol. The Morgan fingerprint density at radius 1 is 1.24 bits per heavy atom. The molecule has 1 N–H and O–H groups in total. The van der Waals surface area contributed by atoms with Gasteiger partial charge in [-0.2, -0.15) is 10.2 Å². The lowest BCUT2D eigenvalue weighted by Crippen LogP contribution is -2.37. The molecule has 9 nitrogen and oxygen atoms in total. The molecule has 1 unspecified atom stereocenters. The summed E-state index contributed by atoms with van der Waals surface area (Å²) in [7, 11) is -4.33. The predicted octanol–water partition coefficient (Wildman–Crippen LogP) is 4.63. The van der Waals surface area contributed by atoms with Gasteiger partial charge in [-0.05, 0) is 86.4 Å². The van der Waals surface area contributed by atoms with Crippen molar-refractivity contribution in [1.82, 2.24) is 14.5 Å². The maximum Gasteiger partial charge on any atom is 0.277 e. The van der Waals surface area contributed by atoms with E-state index in [9.17, 15) is 23.6 Å². The number of nitrogens with zero attached hydrogens (tertiary/aromatic N) is 4. The average Bonchev–Trinajstić information content (AvgIpc) is 3.79. The molecule has 5 rings (SSSR count). The van der Waals surface area contributed by atoms with Crippen LogP contribution in [0.25, 0.3) is 5.57 Å². The van der Waals surface area contributed by atoms with E-state index in [-0.39, 0.29) is 30.9 Å². The van der Waals surface area contributed by atoms with Gasteiger partial charge in [0.25, 0.3) is 5.56 Å². The third-order valence-corrected chi connectivity index (χ3v) is 9.53. The number of hydrogen-bond donors (Lipinski definition) is 1. The molecule has 0 radical (unpaired) electrons. The van der Waals surface area contributed by atoms with Crippen molar-refractivity contribution < 1.29 is 18.3 Å². The van der Waals surface area contributed by atoms with Gasteiger partial charge < -0.3 is 9.84 Å². The predicted molar refractivity (Wildman–Crippen MR) is 154 cm³/mol. The fourth-order valence-electron chi connectivity index (χ4n) is 5.24. The number of hydrogen-bond acceptors (Lipinski definition) is 8. The number of aromatic nitrogens is 3. The number of rotatable bonds is 9. The van der Waals surface area contributed by atoms with Gasteiger partial charge >= 0.3 is 0 Å². The zero-order valence-corrected chi connectivity index (χ0v) is 24.0. The number of aromatic hydroxyl groups is 1. The van der Waals surface area contributed by atoms with E-state index in [0.717, 1.165) is 29.5 Å². The number of ether oxygens (including phenoxy) is 1. The Kier molecular flexibility index (Phi) is 7.93. The van der Waals surface area contributed by atoms with E-state index < -0.39 is 37.5 Å². The monoisotopic (exact) mass is 572 g/mol. The SMILES string of the molecule is Cc1cnccc1C1=CCC(S(=O)(=O)c2c(O)nc(COC(C)C)n([C@H](c3cccc(C#N)c3)C3CC3)c2=O)C=C1. The molecule has 212 valence electrons. The summed E-state index contributed by atoms with van der Waals surface area (Å²) in [5, 5.41) is 19.4. The first-order valence-corrected chi connectivity index (χ1v) is 15.2. The zero-order chi connectivity index (χ0) is 29.3. The molecule has 2 atom stereocenters. The maximum atomic E-state index is 14.2. The molecule has 0 spiro atoms. The molecule has 1 saturated carbocycles. The fraction of sp³-hybridized carbons (Fsp3) is 0.355. The van der Waals surface area contributed by atoms with Crippen LogP contribution in [0, 0.1) is 24.2 Å². The van der Waals surface area contributed by atoms with Crippen LogP contribution in [0.5, 0.6) is 5.88 Å². The standard InChI is InChI=1S/C31H32N4O5S/c1-19(2)40-18-27-34-30(36)29(31(37)35(27)28(23-7-8-23)24-6-4-5-21(15-24)16-32)41(38,39)25-11-9-22(10-12-25)26-13-14-33-17-20(26)3/h4-6,9-11,13-15,17,19,23,25,28,36H,7-8,12,18H2,1-3H3/t25?,28-/m0/s1. The molecule has 1 aromatic carbocycles. The van der Waals surface area contributed by atoms with Crippen LogP contribution >= 0.6 is 0 Å². The largest absolute Gasteiger partial charge is 0.492 e. The second-order valence-corrected chi connectivity index (χ2v) is 12.9. The van der Waals surface area contributed by atoms with Crippen LogP contribution in [-0.4, -0.2) is 39.4 Å². The summed E-state index contributed by atoms with van der Waals surface area (Å²) in [5.74, 6) is -0.652. The minimum Gasteiger partial charge on any atom is -0.492 e. The summed E-state index contributed by atoms with van der Waals surface area (Å²) >= 11 is 0. The first-order valence-electron chi connectivity index (χ1n) is 13.6. The van der Waals surface area contributed by atoms with Gasteiger partial charge in [0, 0.05) is 12.4 Å². The second-order valence-electron chi connectivity index (χ2n) is 10.8. The van der Waals surface area contributed by atoms with Crippen LogP contribution in [0.1, 0.15) is 67.2 Å². The topological polar surface area (TPSA) is 135 Å². The summed E-state index contributed by atoms with van der Waals surface area (Å²) in [5.41, 5.74) is 3.06. The highest BCUT2D eigenvalue weighted by atomic mass is 32.2. The number of nitriles is 1. The number of sulfone groups is 1. The van der Waals surface area contributed by atoms with Gasteiger partial charge in [-0.15, -0.1) is 0 Å². The van der Waals surface area contributed by atoms with E-state index in [4.69, 9.17) is 4.74 Å². The Morgan fingerprint density at radius 3 is 2.66 bits per heavy atom. The molecular formula is C31H32N4O5S. The molecule has 0 aliphatic heterocycles.